The predicted octanol–water partition coefficient (Wildman–Crippen LogP) is 2.21. The Labute approximate surface area is 116 Å². The molecule has 1 aromatic carbocycles. The van der Waals surface area contributed by atoms with Gasteiger partial charge in [0.1, 0.15) is 6.04 Å². The molecule has 1 aromatic rings. The summed E-state index contributed by atoms with van der Waals surface area (Å²) in [6.07, 6.45) is 1.89. The van der Waals surface area contributed by atoms with E-state index in [1.165, 1.54) is 19.2 Å². The Morgan fingerprint density at radius 1 is 1.45 bits per heavy atom. The van der Waals surface area contributed by atoms with E-state index in [4.69, 9.17) is 9.84 Å². The lowest BCUT2D eigenvalue weighted by molar-refractivity contribution is -0.139. The van der Waals surface area contributed by atoms with Crippen LogP contribution in [0.15, 0.2) is 18.2 Å². The number of rotatable bonds is 7. The molecule has 0 saturated carbocycles. The SMILES string of the molecule is CCCC[C@H](NC(=O)c1ccc(F)c(OC)c1)C(=O)O. The van der Waals surface area contributed by atoms with Crippen LogP contribution < -0.4 is 10.1 Å². The van der Waals surface area contributed by atoms with Crippen molar-refractivity contribution in [1.82, 2.24) is 5.32 Å². The van der Waals surface area contributed by atoms with Gasteiger partial charge in [0.2, 0.25) is 0 Å². The first-order valence-electron chi connectivity index (χ1n) is 6.36. The minimum atomic E-state index is -1.08. The molecule has 5 nitrogen and oxygen atoms in total. The van der Waals surface area contributed by atoms with Gasteiger partial charge < -0.3 is 15.2 Å². The third kappa shape index (κ3) is 4.22. The van der Waals surface area contributed by atoms with Crippen LogP contribution in [-0.4, -0.2) is 30.1 Å². The smallest absolute Gasteiger partial charge is 0.326 e. The van der Waals surface area contributed by atoms with Crippen molar-refractivity contribution < 1.29 is 23.8 Å². The highest BCUT2D eigenvalue weighted by molar-refractivity contribution is 5.96. The number of methoxy groups -OCH3 is 1. The molecule has 0 bridgehead atoms. The van der Waals surface area contributed by atoms with E-state index in [-0.39, 0.29) is 11.3 Å². The average Bonchev–Trinajstić information content (AvgIpc) is 2.43. The number of benzene rings is 1. The first kappa shape index (κ1) is 15.9. The molecule has 0 unspecified atom stereocenters. The summed E-state index contributed by atoms with van der Waals surface area (Å²) in [5.74, 6) is -2.28. The summed E-state index contributed by atoms with van der Waals surface area (Å²) in [6.45, 7) is 1.94. The summed E-state index contributed by atoms with van der Waals surface area (Å²) < 4.78 is 18.0. The van der Waals surface area contributed by atoms with Gasteiger partial charge in [-0.05, 0) is 24.6 Å². The Morgan fingerprint density at radius 2 is 2.15 bits per heavy atom. The molecule has 0 fully saturated rings. The Hall–Kier alpha value is -2.11. The molecule has 0 saturated heterocycles. The van der Waals surface area contributed by atoms with E-state index < -0.39 is 23.7 Å². The maximum absolute atomic E-state index is 13.2. The standard InChI is InChI=1S/C14H18FNO4/c1-3-4-5-11(14(18)19)16-13(17)9-6-7-10(15)12(8-9)20-2/h6-8,11H,3-5H2,1-2H3,(H,16,17)(H,18,19)/t11-/m0/s1. The van der Waals surface area contributed by atoms with Gasteiger partial charge in [0.05, 0.1) is 7.11 Å². The maximum atomic E-state index is 13.2. The molecule has 20 heavy (non-hydrogen) atoms. The molecule has 0 aromatic heterocycles. The number of amides is 1. The molecule has 110 valence electrons. The summed E-state index contributed by atoms with van der Waals surface area (Å²) >= 11 is 0. The average molecular weight is 283 g/mol. The van der Waals surface area contributed by atoms with Crippen LogP contribution in [0.3, 0.4) is 0 Å². The second-order valence-electron chi connectivity index (χ2n) is 4.36. The number of hydrogen-bond acceptors (Lipinski definition) is 3. The van der Waals surface area contributed by atoms with Gasteiger partial charge in [0.25, 0.3) is 5.91 Å². The zero-order chi connectivity index (χ0) is 15.1. The van der Waals surface area contributed by atoms with Crippen molar-refractivity contribution >= 4 is 11.9 Å². The lowest BCUT2D eigenvalue weighted by Crippen LogP contribution is -2.40. The first-order chi connectivity index (χ1) is 9.49. The minimum Gasteiger partial charge on any atom is -0.494 e. The van der Waals surface area contributed by atoms with E-state index in [1.54, 1.807) is 0 Å². The zero-order valence-electron chi connectivity index (χ0n) is 11.5. The third-order valence-corrected chi connectivity index (χ3v) is 2.86. The van der Waals surface area contributed by atoms with E-state index in [0.29, 0.717) is 12.8 Å². The molecule has 1 rings (SSSR count). The van der Waals surface area contributed by atoms with Crippen molar-refractivity contribution in [2.45, 2.75) is 32.2 Å². The van der Waals surface area contributed by atoms with Crippen molar-refractivity contribution in [1.29, 1.82) is 0 Å². The van der Waals surface area contributed by atoms with Gasteiger partial charge in [-0.1, -0.05) is 19.8 Å². The Morgan fingerprint density at radius 3 is 2.70 bits per heavy atom. The zero-order valence-corrected chi connectivity index (χ0v) is 11.5. The summed E-state index contributed by atoms with van der Waals surface area (Å²) in [7, 11) is 1.29. The number of carbonyl (C=O) groups excluding carboxylic acids is 1. The van der Waals surface area contributed by atoms with Crippen LogP contribution in [0.25, 0.3) is 0 Å². The number of aliphatic carboxylic acids is 1. The van der Waals surface area contributed by atoms with E-state index in [1.807, 2.05) is 6.92 Å². The normalized spacial score (nSPS) is 11.8. The Balaban J connectivity index is 2.80. The highest BCUT2D eigenvalue weighted by Crippen LogP contribution is 2.18. The summed E-state index contributed by atoms with van der Waals surface area (Å²) in [5, 5.41) is 11.5. The van der Waals surface area contributed by atoms with E-state index in [2.05, 4.69) is 5.32 Å². The Bertz CT molecular complexity index is 490. The molecule has 0 radical (unpaired) electrons. The van der Waals surface area contributed by atoms with Gasteiger partial charge in [-0.15, -0.1) is 0 Å². The molecule has 0 spiro atoms. The number of ether oxygens (including phenoxy) is 1. The van der Waals surface area contributed by atoms with Crippen molar-refractivity contribution in [3.05, 3.63) is 29.6 Å². The van der Waals surface area contributed by atoms with Crippen LogP contribution in [-0.2, 0) is 4.79 Å². The lowest BCUT2D eigenvalue weighted by atomic mass is 10.1. The molecule has 0 aliphatic heterocycles. The van der Waals surface area contributed by atoms with Gasteiger partial charge >= 0.3 is 5.97 Å². The molecule has 2 N–H and O–H groups in total. The topological polar surface area (TPSA) is 75.6 Å². The maximum Gasteiger partial charge on any atom is 0.326 e. The summed E-state index contributed by atoms with van der Waals surface area (Å²) in [5.41, 5.74) is 0.158. The molecule has 0 heterocycles. The molecule has 0 aliphatic rings. The van der Waals surface area contributed by atoms with Crippen molar-refractivity contribution in [3.63, 3.8) is 0 Å². The fourth-order valence-corrected chi connectivity index (χ4v) is 1.71. The fourth-order valence-electron chi connectivity index (χ4n) is 1.71. The van der Waals surface area contributed by atoms with Crippen molar-refractivity contribution in [3.8, 4) is 5.75 Å². The second kappa shape index (κ2) is 7.47. The van der Waals surface area contributed by atoms with Crippen molar-refractivity contribution in [2.75, 3.05) is 7.11 Å². The van der Waals surface area contributed by atoms with Gasteiger partial charge in [-0.25, -0.2) is 9.18 Å². The first-order valence-corrected chi connectivity index (χ1v) is 6.36. The number of carboxylic acid groups (broad SMARTS) is 1. The monoisotopic (exact) mass is 283 g/mol. The van der Waals surface area contributed by atoms with Gasteiger partial charge in [0, 0.05) is 5.56 Å². The van der Waals surface area contributed by atoms with E-state index >= 15 is 0 Å². The largest absolute Gasteiger partial charge is 0.494 e. The predicted molar refractivity (Wildman–Crippen MR) is 71.4 cm³/mol. The number of carbonyl (C=O) groups is 2. The Kier molecular flexibility index (Phi) is 5.96. The molecule has 1 atom stereocenters. The number of unbranched alkanes of at least 4 members (excludes halogenated alkanes) is 1. The highest BCUT2D eigenvalue weighted by atomic mass is 19.1. The fraction of sp³-hybridized carbons (Fsp3) is 0.429. The van der Waals surface area contributed by atoms with Crippen molar-refractivity contribution in [2.24, 2.45) is 0 Å². The number of hydrogen-bond donors (Lipinski definition) is 2. The van der Waals surface area contributed by atoms with Crippen LogP contribution >= 0.6 is 0 Å². The van der Waals surface area contributed by atoms with E-state index in [0.717, 1.165) is 12.5 Å². The molecule has 6 heteroatoms. The van der Waals surface area contributed by atoms with Gasteiger partial charge in [0.15, 0.2) is 11.6 Å². The van der Waals surface area contributed by atoms with Crippen LogP contribution in [0, 0.1) is 5.82 Å². The number of carboxylic acids is 1. The van der Waals surface area contributed by atoms with Crippen LogP contribution in [0.2, 0.25) is 0 Å². The second-order valence-corrected chi connectivity index (χ2v) is 4.36. The number of halogens is 1. The number of nitrogens with one attached hydrogen (secondary N) is 1. The van der Waals surface area contributed by atoms with Gasteiger partial charge in [-0.3, -0.25) is 4.79 Å². The highest BCUT2D eigenvalue weighted by Gasteiger charge is 2.20. The molecular formula is C14H18FNO4. The van der Waals surface area contributed by atoms with Gasteiger partial charge in [-0.2, -0.15) is 0 Å². The summed E-state index contributed by atoms with van der Waals surface area (Å²) in [4.78, 5) is 23.0. The quantitative estimate of drug-likeness (QED) is 0.804. The molecular weight excluding hydrogens is 265 g/mol. The minimum absolute atomic E-state index is 0.0573. The third-order valence-electron chi connectivity index (χ3n) is 2.86. The molecule has 0 aliphatic carbocycles. The summed E-state index contributed by atoms with van der Waals surface area (Å²) in [6, 6.07) is 2.68. The molecule has 1 amide bonds. The van der Waals surface area contributed by atoms with Crippen LogP contribution in [0.1, 0.15) is 36.5 Å². The van der Waals surface area contributed by atoms with Crippen LogP contribution in [0.4, 0.5) is 4.39 Å². The van der Waals surface area contributed by atoms with E-state index in [9.17, 15) is 14.0 Å². The lowest BCUT2D eigenvalue weighted by Gasteiger charge is -2.14. The van der Waals surface area contributed by atoms with Crippen LogP contribution in [0.5, 0.6) is 5.75 Å².